The van der Waals surface area contributed by atoms with Crippen molar-refractivity contribution in [1.29, 1.82) is 0 Å². The Labute approximate surface area is 113 Å². The van der Waals surface area contributed by atoms with Crippen LogP contribution < -0.4 is 11.1 Å². The van der Waals surface area contributed by atoms with Gasteiger partial charge in [0.25, 0.3) is 0 Å². The first-order valence-electron chi connectivity index (χ1n) is 6.28. The molecule has 0 bridgehead atoms. The average Bonchev–Trinajstić information content (AvgIpc) is 2.31. The lowest BCUT2D eigenvalue weighted by atomic mass is 10.2. The molecule has 1 aromatic heterocycles. The summed E-state index contributed by atoms with van der Waals surface area (Å²) in [5.41, 5.74) is 6.62. The smallest absolute Gasteiger partial charge is 0.340 e. The zero-order valence-corrected chi connectivity index (χ0v) is 11.9. The molecular weight excluding hydrogens is 244 g/mol. The van der Waals surface area contributed by atoms with Crippen LogP contribution in [0.5, 0.6) is 0 Å². The third-order valence-electron chi connectivity index (χ3n) is 2.51. The van der Waals surface area contributed by atoms with Crippen LogP contribution in [0.4, 0.5) is 11.5 Å². The zero-order chi connectivity index (χ0) is 14.4. The molecule has 3 N–H and O–H groups in total. The van der Waals surface area contributed by atoms with E-state index in [0.29, 0.717) is 23.7 Å². The Morgan fingerprint density at radius 3 is 2.84 bits per heavy atom. The number of carbonyl (C=O) groups is 1. The molecule has 1 rings (SSSR count). The van der Waals surface area contributed by atoms with Crippen molar-refractivity contribution in [2.45, 2.75) is 19.9 Å². The van der Waals surface area contributed by atoms with E-state index < -0.39 is 5.97 Å². The Morgan fingerprint density at radius 1 is 1.58 bits per heavy atom. The maximum absolute atomic E-state index is 11.7. The van der Waals surface area contributed by atoms with Gasteiger partial charge in [-0.3, -0.25) is 0 Å². The van der Waals surface area contributed by atoms with Gasteiger partial charge in [0.2, 0.25) is 0 Å². The molecule has 1 aromatic rings. The van der Waals surface area contributed by atoms with Crippen LogP contribution in [0.15, 0.2) is 12.3 Å². The monoisotopic (exact) mass is 266 g/mol. The highest BCUT2D eigenvalue weighted by Crippen LogP contribution is 2.21. The maximum atomic E-state index is 11.7. The fourth-order valence-electron chi connectivity index (χ4n) is 1.80. The number of nitrogens with one attached hydrogen (secondary N) is 1. The van der Waals surface area contributed by atoms with E-state index in [1.165, 1.54) is 0 Å². The topological polar surface area (TPSA) is 80.5 Å². The van der Waals surface area contributed by atoms with Gasteiger partial charge < -0.3 is 20.7 Å². The SMILES string of the molecule is CCOC(=O)c1ccnc(NC(C)CN(C)C)c1N. The summed E-state index contributed by atoms with van der Waals surface area (Å²) < 4.78 is 4.95. The van der Waals surface area contributed by atoms with E-state index in [4.69, 9.17) is 10.5 Å². The van der Waals surface area contributed by atoms with Crippen LogP contribution in [0.3, 0.4) is 0 Å². The quantitative estimate of drug-likeness (QED) is 0.753. The summed E-state index contributed by atoms with van der Waals surface area (Å²) in [7, 11) is 3.98. The molecule has 6 nitrogen and oxygen atoms in total. The molecule has 0 aromatic carbocycles. The number of aromatic nitrogens is 1. The average molecular weight is 266 g/mol. The first-order valence-corrected chi connectivity index (χ1v) is 6.28. The van der Waals surface area contributed by atoms with E-state index in [-0.39, 0.29) is 6.04 Å². The summed E-state index contributed by atoms with van der Waals surface area (Å²) in [6, 6.07) is 1.73. The molecule has 1 atom stereocenters. The number of carbonyl (C=O) groups excluding carboxylic acids is 1. The number of likely N-dealkylation sites (N-methyl/N-ethyl adjacent to an activating group) is 1. The molecule has 0 aliphatic carbocycles. The Kier molecular flexibility index (Phi) is 5.57. The van der Waals surface area contributed by atoms with Crippen LogP contribution >= 0.6 is 0 Å². The van der Waals surface area contributed by atoms with Crippen molar-refractivity contribution >= 4 is 17.5 Å². The first-order chi connectivity index (χ1) is 8.95. The number of nitrogens with two attached hydrogens (primary N) is 1. The van der Waals surface area contributed by atoms with E-state index in [9.17, 15) is 4.79 Å². The van der Waals surface area contributed by atoms with Crippen molar-refractivity contribution in [3.63, 3.8) is 0 Å². The van der Waals surface area contributed by atoms with Gasteiger partial charge in [0.05, 0.1) is 17.9 Å². The fraction of sp³-hybridized carbons (Fsp3) is 0.538. The number of esters is 1. The van der Waals surface area contributed by atoms with Crippen molar-refractivity contribution in [2.75, 3.05) is 38.3 Å². The molecule has 0 saturated heterocycles. The molecule has 0 saturated carbocycles. The summed E-state index contributed by atoms with van der Waals surface area (Å²) in [6.07, 6.45) is 1.55. The molecule has 106 valence electrons. The molecule has 0 spiro atoms. The molecular formula is C13H22N4O2. The van der Waals surface area contributed by atoms with Gasteiger partial charge in [0.1, 0.15) is 5.82 Å². The van der Waals surface area contributed by atoms with Gasteiger partial charge in [-0.05, 0) is 34.0 Å². The summed E-state index contributed by atoms with van der Waals surface area (Å²) in [6.45, 7) is 4.94. The Morgan fingerprint density at radius 2 is 2.26 bits per heavy atom. The molecule has 1 heterocycles. The number of rotatable bonds is 6. The largest absolute Gasteiger partial charge is 0.462 e. The lowest BCUT2D eigenvalue weighted by Crippen LogP contribution is -2.30. The van der Waals surface area contributed by atoms with Crippen LogP contribution in [-0.2, 0) is 4.74 Å². The Hall–Kier alpha value is -1.82. The third-order valence-corrected chi connectivity index (χ3v) is 2.51. The number of nitrogen functional groups attached to an aromatic ring is 1. The first kappa shape index (κ1) is 15.2. The van der Waals surface area contributed by atoms with Gasteiger partial charge in [-0.1, -0.05) is 0 Å². The lowest BCUT2D eigenvalue weighted by Gasteiger charge is -2.20. The summed E-state index contributed by atoms with van der Waals surface area (Å²) >= 11 is 0. The van der Waals surface area contributed by atoms with Gasteiger partial charge in [-0.15, -0.1) is 0 Å². The number of anilines is 2. The minimum atomic E-state index is -0.425. The zero-order valence-electron chi connectivity index (χ0n) is 11.9. The van der Waals surface area contributed by atoms with Crippen molar-refractivity contribution in [3.8, 4) is 0 Å². The fourth-order valence-corrected chi connectivity index (χ4v) is 1.80. The van der Waals surface area contributed by atoms with Gasteiger partial charge >= 0.3 is 5.97 Å². The van der Waals surface area contributed by atoms with Crippen molar-refractivity contribution in [2.24, 2.45) is 0 Å². The van der Waals surface area contributed by atoms with Crippen LogP contribution in [0.25, 0.3) is 0 Å². The molecule has 19 heavy (non-hydrogen) atoms. The van der Waals surface area contributed by atoms with E-state index >= 15 is 0 Å². The van der Waals surface area contributed by atoms with Crippen LogP contribution in [0.1, 0.15) is 24.2 Å². The van der Waals surface area contributed by atoms with Gasteiger partial charge in [0, 0.05) is 18.8 Å². The number of pyridine rings is 1. The Balaban J connectivity index is 2.85. The highest BCUT2D eigenvalue weighted by atomic mass is 16.5. The number of hydrogen-bond donors (Lipinski definition) is 2. The predicted molar refractivity (Wildman–Crippen MR) is 76.2 cm³/mol. The minimum absolute atomic E-state index is 0.169. The second-order valence-electron chi connectivity index (χ2n) is 4.65. The molecule has 6 heteroatoms. The van der Waals surface area contributed by atoms with E-state index in [2.05, 4.69) is 15.2 Å². The minimum Gasteiger partial charge on any atom is -0.462 e. The highest BCUT2D eigenvalue weighted by molar-refractivity contribution is 5.97. The van der Waals surface area contributed by atoms with Crippen LogP contribution in [-0.4, -0.2) is 49.1 Å². The molecule has 0 aliphatic heterocycles. The van der Waals surface area contributed by atoms with Crippen molar-refractivity contribution < 1.29 is 9.53 Å². The number of nitrogens with zero attached hydrogens (tertiary/aromatic N) is 2. The molecule has 0 aliphatic rings. The summed E-state index contributed by atoms with van der Waals surface area (Å²) in [5, 5.41) is 3.19. The van der Waals surface area contributed by atoms with E-state index in [0.717, 1.165) is 6.54 Å². The molecule has 0 fully saturated rings. The molecule has 0 amide bonds. The van der Waals surface area contributed by atoms with Crippen molar-refractivity contribution in [3.05, 3.63) is 17.8 Å². The van der Waals surface area contributed by atoms with E-state index in [1.807, 2.05) is 21.0 Å². The maximum Gasteiger partial charge on any atom is 0.340 e. The molecule has 1 unspecified atom stereocenters. The molecule has 0 radical (unpaired) electrons. The van der Waals surface area contributed by atoms with Gasteiger partial charge in [-0.2, -0.15) is 0 Å². The summed E-state index contributed by atoms with van der Waals surface area (Å²) in [5.74, 6) is 0.0885. The normalized spacial score (nSPS) is 12.3. The third kappa shape index (κ3) is 4.40. The predicted octanol–water partition coefficient (Wildman–Crippen LogP) is 1.20. The second-order valence-corrected chi connectivity index (χ2v) is 4.65. The number of hydrogen-bond acceptors (Lipinski definition) is 6. The number of ether oxygens (including phenoxy) is 1. The van der Waals surface area contributed by atoms with Gasteiger partial charge in [-0.25, -0.2) is 9.78 Å². The summed E-state index contributed by atoms with van der Waals surface area (Å²) in [4.78, 5) is 17.9. The Bertz CT molecular complexity index is 435. The second kappa shape index (κ2) is 6.94. The van der Waals surface area contributed by atoms with Crippen LogP contribution in [0.2, 0.25) is 0 Å². The van der Waals surface area contributed by atoms with E-state index in [1.54, 1.807) is 19.2 Å². The van der Waals surface area contributed by atoms with Crippen LogP contribution in [0, 0.1) is 0 Å². The van der Waals surface area contributed by atoms with Gasteiger partial charge in [0.15, 0.2) is 0 Å². The lowest BCUT2D eigenvalue weighted by molar-refractivity contribution is 0.0527. The van der Waals surface area contributed by atoms with Crippen molar-refractivity contribution in [1.82, 2.24) is 9.88 Å². The standard InChI is InChI=1S/C13H22N4O2/c1-5-19-13(18)10-6-7-15-12(11(10)14)16-9(2)8-17(3)4/h6-7,9H,5,8,14H2,1-4H3,(H,15,16). The highest BCUT2D eigenvalue weighted by Gasteiger charge is 2.15.